The topological polar surface area (TPSA) is 76.4 Å². The number of carbonyl (C=O) groups excluding carboxylic acids is 2. The fourth-order valence-electron chi connectivity index (χ4n) is 3.37. The fraction of sp³-hybridized carbons (Fsp3) is 0. The Morgan fingerprint density at radius 2 is 1.84 bits per heavy atom. The molecule has 8 heteroatoms. The van der Waals surface area contributed by atoms with Gasteiger partial charge in [-0.2, -0.15) is 5.10 Å². The molecule has 3 aromatic heterocycles. The van der Waals surface area contributed by atoms with Crippen LogP contribution in [0.15, 0.2) is 84.5 Å². The van der Waals surface area contributed by atoms with Gasteiger partial charge in [0.25, 0.3) is 5.91 Å². The summed E-state index contributed by atoms with van der Waals surface area (Å²) in [7, 11) is 0. The highest BCUT2D eigenvalue weighted by Crippen LogP contribution is 2.25. The molecule has 156 valence electrons. The van der Waals surface area contributed by atoms with Gasteiger partial charge in [0.05, 0.1) is 22.3 Å². The molecule has 2 aromatic carbocycles. The van der Waals surface area contributed by atoms with Gasteiger partial charge in [0, 0.05) is 23.0 Å². The van der Waals surface area contributed by atoms with Crippen LogP contribution in [0.3, 0.4) is 0 Å². The summed E-state index contributed by atoms with van der Waals surface area (Å²) < 4.78 is 14.7. The van der Waals surface area contributed by atoms with E-state index in [1.54, 1.807) is 35.0 Å². The Balaban J connectivity index is 1.47. The molecule has 0 aliphatic carbocycles. The molecule has 0 saturated heterocycles. The van der Waals surface area contributed by atoms with Gasteiger partial charge in [-0.15, -0.1) is 11.3 Å². The highest BCUT2D eigenvalue weighted by molar-refractivity contribution is 7.12. The zero-order valence-electron chi connectivity index (χ0n) is 16.5. The van der Waals surface area contributed by atoms with Crippen LogP contribution in [0.2, 0.25) is 0 Å². The largest absolute Gasteiger partial charge is 0.322 e. The number of halogens is 1. The second-order valence-corrected chi connectivity index (χ2v) is 7.92. The van der Waals surface area contributed by atoms with E-state index in [0.29, 0.717) is 27.3 Å². The van der Waals surface area contributed by atoms with Crippen molar-refractivity contribution in [1.82, 2.24) is 14.6 Å². The van der Waals surface area contributed by atoms with Gasteiger partial charge in [0.2, 0.25) is 5.78 Å². The van der Waals surface area contributed by atoms with E-state index in [9.17, 15) is 14.0 Å². The van der Waals surface area contributed by atoms with Crippen molar-refractivity contribution < 1.29 is 14.0 Å². The number of nitrogens with one attached hydrogen (secondary N) is 1. The van der Waals surface area contributed by atoms with Crippen molar-refractivity contribution in [2.75, 3.05) is 5.32 Å². The number of ketones is 1. The predicted molar refractivity (Wildman–Crippen MR) is 121 cm³/mol. The average Bonchev–Trinajstić information content (AvgIpc) is 3.49. The molecule has 0 unspecified atom stereocenters. The molecule has 0 bridgehead atoms. The molecule has 1 amide bonds. The van der Waals surface area contributed by atoms with Crippen LogP contribution in [-0.2, 0) is 0 Å². The number of fused-ring (bicyclic) bond motifs is 1. The van der Waals surface area contributed by atoms with Crippen molar-refractivity contribution in [1.29, 1.82) is 0 Å². The van der Waals surface area contributed by atoms with Gasteiger partial charge in [0.1, 0.15) is 5.82 Å². The summed E-state index contributed by atoms with van der Waals surface area (Å²) in [6.45, 7) is 0. The minimum Gasteiger partial charge on any atom is -0.322 e. The Hall–Kier alpha value is -4.17. The minimum absolute atomic E-state index is 0.125. The number of amides is 1. The number of rotatable bonds is 5. The first-order valence-electron chi connectivity index (χ1n) is 9.68. The fourth-order valence-corrected chi connectivity index (χ4v) is 4.05. The molecule has 0 saturated carbocycles. The van der Waals surface area contributed by atoms with Crippen LogP contribution >= 0.6 is 11.3 Å². The molecule has 5 rings (SSSR count). The van der Waals surface area contributed by atoms with Crippen LogP contribution in [0.1, 0.15) is 25.6 Å². The second-order valence-electron chi connectivity index (χ2n) is 6.97. The predicted octanol–water partition coefficient (Wildman–Crippen LogP) is 5.08. The van der Waals surface area contributed by atoms with Crippen LogP contribution in [0, 0.1) is 5.82 Å². The molecule has 0 aliphatic rings. The third-order valence-electron chi connectivity index (χ3n) is 4.91. The number of anilines is 1. The number of hydrogen-bond acceptors (Lipinski definition) is 5. The molecule has 1 N–H and O–H groups in total. The summed E-state index contributed by atoms with van der Waals surface area (Å²) in [5, 5.41) is 9.06. The minimum atomic E-state index is -0.401. The van der Waals surface area contributed by atoms with Gasteiger partial charge >= 0.3 is 0 Å². The first kappa shape index (κ1) is 19.8. The summed E-state index contributed by atoms with van der Waals surface area (Å²) in [5.74, 6) is -0.869. The SMILES string of the molecule is O=C(Nc1cccc(-c2ccnc3c(C(=O)c4cccs4)cnn23)c1)c1ccc(F)cc1. The maximum atomic E-state index is 13.1. The van der Waals surface area contributed by atoms with Crippen LogP contribution < -0.4 is 5.32 Å². The van der Waals surface area contributed by atoms with E-state index in [1.807, 2.05) is 23.6 Å². The van der Waals surface area contributed by atoms with Crippen molar-refractivity contribution in [3.8, 4) is 11.3 Å². The van der Waals surface area contributed by atoms with Crippen LogP contribution in [-0.4, -0.2) is 26.3 Å². The van der Waals surface area contributed by atoms with Crippen molar-refractivity contribution in [2.24, 2.45) is 0 Å². The number of aromatic nitrogens is 3. The first-order chi connectivity index (χ1) is 15.6. The van der Waals surface area contributed by atoms with Crippen molar-refractivity contribution in [3.63, 3.8) is 0 Å². The van der Waals surface area contributed by atoms with Crippen molar-refractivity contribution in [2.45, 2.75) is 0 Å². The molecule has 0 atom stereocenters. The summed E-state index contributed by atoms with van der Waals surface area (Å²) in [5.41, 5.74) is 3.32. The normalized spacial score (nSPS) is 10.9. The quantitative estimate of drug-likeness (QED) is 0.385. The molecular formula is C24H15FN4O2S. The summed E-state index contributed by atoms with van der Waals surface area (Å²) in [4.78, 5) is 30.3. The van der Waals surface area contributed by atoms with Crippen LogP contribution in [0.4, 0.5) is 10.1 Å². The monoisotopic (exact) mass is 442 g/mol. The van der Waals surface area contributed by atoms with Gasteiger partial charge in [0.15, 0.2) is 5.65 Å². The zero-order chi connectivity index (χ0) is 22.1. The third-order valence-corrected chi connectivity index (χ3v) is 5.78. The van der Waals surface area contributed by atoms with Crippen LogP contribution in [0.25, 0.3) is 16.9 Å². The van der Waals surface area contributed by atoms with Crippen LogP contribution in [0.5, 0.6) is 0 Å². The van der Waals surface area contributed by atoms with Gasteiger partial charge in [-0.05, 0) is 53.9 Å². The standard InChI is InChI=1S/C24H15FN4O2S/c25-17-8-6-15(7-9-17)24(31)28-18-4-1-3-16(13-18)20-10-11-26-23-19(14-27-29(20)23)22(30)21-5-2-12-32-21/h1-14H,(H,28,31). The van der Waals surface area contributed by atoms with Gasteiger partial charge in [-0.1, -0.05) is 18.2 Å². The van der Waals surface area contributed by atoms with E-state index < -0.39 is 5.82 Å². The molecule has 0 aliphatic heterocycles. The van der Waals surface area contributed by atoms with E-state index in [-0.39, 0.29) is 11.7 Å². The van der Waals surface area contributed by atoms with E-state index in [0.717, 1.165) is 11.3 Å². The summed E-state index contributed by atoms with van der Waals surface area (Å²) >= 11 is 1.37. The smallest absolute Gasteiger partial charge is 0.255 e. The molecular weight excluding hydrogens is 427 g/mol. The molecule has 0 radical (unpaired) electrons. The zero-order valence-corrected chi connectivity index (χ0v) is 17.3. The van der Waals surface area contributed by atoms with E-state index in [1.165, 1.54) is 41.8 Å². The lowest BCUT2D eigenvalue weighted by atomic mass is 10.1. The Labute approximate surface area is 186 Å². The second kappa shape index (κ2) is 8.16. The highest BCUT2D eigenvalue weighted by atomic mass is 32.1. The lowest BCUT2D eigenvalue weighted by Crippen LogP contribution is -2.11. The Bertz CT molecular complexity index is 1440. The van der Waals surface area contributed by atoms with E-state index >= 15 is 0 Å². The third kappa shape index (κ3) is 3.67. The van der Waals surface area contributed by atoms with E-state index in [2.05, 4.69) is 15.4 Å². The molecule has 3 heterocycles. The molecule has 32 heavy (non-hydrogen) atoms. The van der Waals surface area contributed by atoms with Gasteiger partial charge in [-0.3, -0.25) is 9.59 Å². The number of benzene rings is 2. The maximum Gasteiger partial charge on any atom is 0.255 e. The number of thiophene rings is 1. The molecule has 0 spiro atoms. The lowest BCUT2D eigenvalue weighted by molar-refractivity contribution is 0.102. The van der Waals surface area contributed by atoms with Gasteiger partial charge in [-0.25, -0.2) is 13.9 Å². The Morgan fingerprint density at radius 3 is 2.62 bits per heavy atom. The molecule has 5 aromatic rings. The first-order valence-corrected chi connectivity index (χ1v) is 10.6. The Morgan fingerprint density at radius 1 is 1.00 bits per heavy atom. The summed E-state index contributed by atoms with van der Waals surface area (Å²) in [6, 6.07) is 18.0. The average molecular weight is 442 g/mol. The highest BCUT2D eigenvalue weighted by Gasteiger charge is 2.18. The summed E-state index contributed by atoms with van der Waals surface area (Å²) in [6.07, 6.45) is 3.15. The maximum absolute atomic E-state index is 13.1. The molecule has 6 nitrogen and oxygen atoms in total. The van der Waals surface area contributed by atoms with Crippen molar-refractivity contribution >= 4 is 34.4 Å². The number of nitrogens with zero attached hydrogens (tertiary/aromatic N) is 3. The molecule has 0 fully saturated rings. The lowest BCUT2D eigenvalue weighted by Gasteiger charge is -2.09. The Kier molecular flexibility index (Phi) is 5.04. The van der Waals surface area contributed by atoms with E-state index in [4.69, 9.17) is 0 Å². The van der Waals surface area contributed by atoms with Crippen molar-refractivity contribution in [3.05, 3.63) is 106 Å². The number of carbonyl (C=O) groups is 2. The number of hydrogen-bond donors (Lipinski definition) is 1. The van der Waals surface area contributed by atoms with Gasteiger partial charge < -0.3 is 5.32 Å².